The number of rotatable bonds is 3. The second kappa shape index (κ2) is 5.27. The van der Waals surface area contributed by atoms with Crippen LogP contribution in [0.2, 0.25) is 5.15 Å². The van der Waals surface area contributed by atoms with Gasteiger partial charge in [0.2, 0.25) is 5.91 Å². The minimum atomic E-state index is -0.0818. The van der Waals surface area contributed by atoms with Crippen LogP contribution in [0.15, 0.2) is 18.2 Å². The first kappa shape index (κ1) is 11.4. The lowest BCUT2D eigenvalue weighted by atomic mass is 10.2. The van der Waals surface area contributed by atoms with Crippen molar-refractivity contribution in [1.82, 2.24) is 4.98 Å². The monoisotopic (exact) mass is 240 g/mol. The summed E-state index contributed by atoms with van der Waals surface area (Å²) < 4.78 is 5.38. The molecule has 1 aliphatic heterocycles. The molecule has 1 atom stereocenters. The van der Waals surface area contributed by atoms with E-state index < -0.39 is 0 Å². The molecular formula is C11H13ClN2O2. The molecule has 0 saturated carbocycles. The van der Waals surface area contributed by atoms with Crippen molar-refractivity contribution in [2.45, 2.75) is 25.4 Å². The van der Waals surface area contributed by atoms with Crippen LogP contribution < -0.4 is 5.32 Å². The van der Waals surface area contributed by atoms with Gasteiger partial charge in [0.25, 0.3) is 0 Å². The number of amides is 1. The second-order valence-electron chi connectivity index (χ2n) is 3.73. The molecule has 4 nitrogen and oxygen atoms in total. The summed E-state index contributed by atoms with van der Waals surface area (Å²) in [6.45, 7) is 0.757. The van der Waals surface area contributed by atoms with E-state index in [-0.39, 0.29) is 12.0 Å². The van der Waals surface area contributed by atoms with Crippen LogP contribution >= 0.6 is 11.6 Å². The SMILES string of the molecule is O=C(CC1CCCO1)Nc1cccc(Cl)n1. The van der Waals surface area contributed by atoms with Crippen LogP contribution in [-0.2, 0) is 9.53 Å². The molecule has 5 heteroatoms. The first-order chi connectivity index (χ1) is 7.74. The Morgan fingerprint density at radius 1 is 1.62 bits per heavy atom. The Balaban J connectivity index is 1.86. The van der Waals surface area contributed by atoms with Crippen molar-refractivity contribution in [3.63, 3.8) is 0 Å². The topological polar surface area (TPSA) is 51.2 Å². The van der Waals surface area contributed by atoms with Gasteiger partial charge in [-0.05, 0) is 25.0 Å². The molecule has 16 heavy (non-hydrogen) atoms. The average Bonchev–Trinajstić information content (AvgIpc) is 2.70. The molecule has 2 heterocycles. The van der Waals surface area contributed by atoms with Gasteiger partial charge >= 0.3 is 0 Å². The molecule has 1 aromatic heterocycles. The Morgan fingerprint density at radius 3 is 3.19 bits per heavy atom. The molecule has 0 bridgehead atoms. The number of carbonyl (C=O) groups excluding carboxylic acids is 1. The summed E-state index contributed by atoms with van der Waals surface area (Å²) in [7, 11) is 0. The van der Waals surface area contributed by atoms with Crippen molar-refractivity contribution in [2.24, 2.45) is 0 Å². The number of nitrogens with zero attached hydrogens (tertiary/aromatic N) is 1. The number of hydrogen-bond acceptors (Lipinski definition) is 3. The molecule has 86 valence electrons. The standard InChI is InChI=1S/C11H13ClN2O2/c12-9-4-1-5-10(13-9)14-11(15)7-8-3-2-6-16-8/h1,4-5,8H,2-3,6-7H2,(H,13,14,15). The fourth-order valence-electron chi connectivity index (χ4n) is 1.68. The minimum Gasteiger partial charge on any atom is -0.378 e. The summed E-state index contributed by atoms with van der Waals surface area (Å²) in [6.07, 6.45) is 2.43. The smallest absolute Gasteiger partial charge is 0.228 e. The van der Waals surface area contributed by atoms with Gasteiger partial charge in [0, 0.05) is 6.61 Å². The molecule has 0 aromatic carbocycles. The minimum absolute atomic E-state index is 0.0548. The van der Waals surface area contributed by atoms with E-state index in [0.29, 0.717) is 17.4 Å². The van der Waals surface area contributed by atoms with Crippen molar-refractivity contribution in [1.29, 1.82) is 0 Å². The van der Waals surface area contributed by atoms with E-state index in [9.17, 15) is 4.79 Å². The number of ether oxygens (including phenoxy) is 1. The van der Waals surface area contributed by atoms with Gasteiger partial charge < -0.3 is 10.1 Å². The van der Waals surface area contributed by atoms with Gasteiger partial charge in [-0.1, -0.05) is 17.7 Å². The lowest BCUT2D eigenvalue weighted by Gasteiger charge is -2.09. The third kappa shape index (κ3) is 3.18. The van der Waals surface area contributed by atoms with Crippen LogP contribution in [0.5, 0.6) is 0 Å². The quantitative estimate of drug-likeness (QED) is 0.825. The average molecular weight is 241 g/mol. The maximum absolute atomic E-state index is 11.6. The molecule has 0 spiro atoms. The number of aromatic nitrogens is 1. The maximum atomic E-state index is 11.6. The molecule has 1 aliphatic rings. The van der Waals surface area contributed by atoms with Crippen LogP contribution in [0.3, 0.4) is 0 Å². The summed E-state index contributed by atoms with van der Waals surface area (Å²) in [5.74, 6) is 0.400. The normalized spacial score (nSPS) is 19.7. The van der Waals surface area contributed by atoms with Crippen LogP contribution in [0.1, 0.15) is 19.3 Å². The second-order valence-corrected chi connectivity index (χ2v) is 4.12. The molecule has 1 amide bonds. The lowest BCUT2D eigenvalue weighted by molar-refractivity contribution is -0.118. The van der Waals surface area contributed by atoms with Gasteiger partial charge in [0.05, 0.1) is 12.5 Å². The molecule has 1 saturated heterocycles. The molecule has 0 radical (unpaired) electrons. The molecule has 2 rings (SSSR count). The van der Waals surface area contributed by atoms with Gasteiger partial charge in [-0.2, -0.15) is 0 Å². The Morgan fingerprint density at radius 2 is 2.50 bits per heavy atom. The Hall–Kier alpha value is -1.13. The van der Waals surface area contributed by atoms with E-state index in [1.54, 1.807) is 18.2 Å². The number of carbonyl (C=O) groups is 1. The number of halogens is 1. The Kier molecular flexibility index (Phi) is 3.74. The number of hydrogen-bond donors (Lipinski definition) is 1. The van der Waals surface area contributed by atoms with Crippen molar-refractivity contribution in [2.75, 3.05) is 11.9 Å². The fraction of sp³-hybridized carbons (Fsp3) is 0.455. The van der Waals surface area contributed by atoms with Crippen LogP contribution in [0.4, 0.5) is 5.82 Å². The van der Waals surface area contributed by atoms with E-state index in [1.807, 2.05) is 0 Å². The van der Waals surface area contributed by atoms with Gasteiger partial charge in [-0.25, -0.2) is 4.98 Å². The van der Waals surface area contributed by atoms with Crippen LogP contribution in [0, 0.1) is 0 Å². The van der Waals surface area contributed by atoms with Gasteiger partial charge in [0.15, 0.2) is 0 Å². The summed E-state index contributed by atoms with van der Waals surface area (Å²) in [5.41, 5.74) is 0. The summed E-state index contributed by atoms with van der Waals surface area (Å²) in [4.78, 5) is 15.6. The van der Waals surface area contributed by atoms with Crippen LogP contribution in [-0.4, -0.2) is 23.6 Å². The highest BCUT2D eigenvalue weighted by Gasteiger charge is 2.19. The van der Waals surface area contributed by atoms with Crippen molar-refractivity contribution < 1.29 is 9.53 Å². The van der Waals surface area contributed by atoms with Crippen molar-refractivity contribution in [3.05, 3.63) is 23.4 Å². The lowest BCUT2D eigenvalue weighted by Crippen LogP contribution is -2.19. The Bertz CT molecular complexity index is 378. The zero-order valence-corrected chi connectivity index (χ0v) is 9.54. The molecule has 0 aliphatic carbocycles. The van der Waals surface area contributed by atoms with E-state index in [0.717, 1.165) is 19.4 Å². The van der Waals surface area contributed by atoms with Crippen molar-refractivity contribution in [3.8, 4) is 0 Å². The fourth-order valence-corrected chi connectivity index (χ4v) is 1.85. The molecule has 1 aromatic rings. The van der Waals surface area contributed by atoms with E-state index in [1.165, 1.54) is 0 Å². The van der Waals surface area contributed by atoms with E-state index in [2.05, 4.69) is 10.3 Å². The number of pyridine rings is 1. The van der Waals surface area contributed by atoms with Crippen molar-refractivity contribution >= 4 is 23.3 Å². The number of nitrogens with one attached hydrogen (secondary N) is 1. The Labute approximate surface area is 99.0 Å². The molecule has 1 N–H and O–H groups in total. The molecule has 1 fully saturated rings. The van der Waals surface area contributed by atoms with E-state index >= 15 is 0 Å². The first-order valence-corrected chi connectivity index (χ1v) is 5.66. The van der Waals surface area contributed by atoms with Gasteiger partial charge in [-0.15, -0.1) is 0 Å². The third-order valence-electron chi connectivity index (χ3n) is 2.42. The van der Waals surface area contributed by atoms with Gasteiger partial charge in [-0.3, -0.25) is 4.79 Å². The largest absolute Gasteiger partial charge is 0.378 e. The molecule has 1 unspecified atom stereocenters. The first-order valence-electron chi connectivity index (χ1n) is 5.28. The predicted octanol–water partition coefficient (Wildman–Crippen LogP) is 2.24. The maximum Gasteiger partial charge on any atom is 0.228 e. The highest BCUT2D eigenvalue weighted by Crippen LogP contribution is 2.16. The zero-order chi connectivity index (χ0) is 11.4. The zero-order valence-electron chi connectivity index (χ0n) is 8.78. The summed E-state index contributed by atoms with van der Waals surface area (Å²) in [6, 6.07) is 5.12. The van der Waals surface area contributed by atoms with E-state index in [4.69, 9.17) is 16.3 Å². The highest BCUT2D eigenvalue weighted by molar-refractivity contribution is 6.29. The summed E-state index contributed by atoms with van der Waals surface area (Å²) >= 11 is 5.71. The summed E-state index contributed by atoms with van der Waals surface area (Å²) in [5, 5.41) is 3.07. The highest BCUT2D eigenvalue weighted by atomic mass is 35.5. The predicted molar refractivity (Wildman–Crippen MR) is 61.5 cm³/mol. The number of anilines is 1. The molecular weight excluding hydrogens is 228 g/mol. The third-order valence-corrected chi connectivity index (χ3v) is 2.63. The van der Waals surface area contributed by atoms with Crippen LogP contribution in [0.25, 0.3) is 0 Å². The van der Waals surface area contributed by atoms with Gasteiger partial charge in [0.1, 0.15) is 11.0 Å².